The zero-order valence-corrected chi connectivity index (χ0v) is 6.48. The average molecular weight is 188 g/mol. The molecule has 0 fully saturated rings. The van der Waals surface area contributed by atoms with Crippen LogP contribution in [0.1, 0.15) is 10.6 Å². The minimum absolute atomic E-state index is 0.331. The molecule has 0 aromatic carbocycles. The Labute approximate surface area is 69.3 Å². The molecule has 64 valence electrons. The largest absolute Gasteiger partial charge is 0.363 e. The van der Waals surface area contributed by atoms with Gasteiger partial charge in [-0.15, -0.1) is 0 Å². The maximum atomic E-state index is 10.5. The van der Waals surface area contributed by atoms with Crippen LogP contribution >= 0.6 is 0 Å². The van der Waals surface area contributed by atoms with Crippen LogP contribution in [-0.2, 0) is 11.1 Å². The van der Waals surface area contributed by atoms with Gasteiger partial charge >= 0.3 is 0 Å². The highest BCUT2D eigenvalue weighted by Gasteiger charge is 2.08. The lowest BCUT2D eigenvalue weighted by atomic mass is 10.6. The van der Waals surface area contributed by atoms with E-state index in [2.05, 4.69) is 15.0 Å². The Morgan fingerprint density at radius 2 is 2.25 bits per heavy atom. The summed E-state index contributed by atoms with van der Waals surface area (Å²) in [5.41, 5.74) is 4.81. The number of rotatable bonds is 2. The average Bonchev–Trinajstić information content (AvgIpc) is 2.04. The van der Waals surface area contributed by atoms with Crippen molar-refractivity contribution < 1.29 is 13.6 Å². The minimum atomic E-state index is -2.33. The Balaban J connectivity index is 3.12. The van der Waals surface area contributed by atoms with Crippen molar-refractivity contribution in [3.63, 3.8) is 0 Å². The molecule has 3 N–H and O–H groups in total. The molecule has 0 saturated carbocycles. The Morgan fingerprint density at radius 3 is 2.75 bits per heavy atom. The number of nitrogens with two attached hydrogens (primary N) is 1. The maximum Gasteiger partial charge on any atom is 0.286 e. The second-order valence-electron chi connectivity index (χ2n) is 1.71. The molecule has 1 aromatic rings. The van der Waals surface area contributed by atoms with Crippen LogP contribution in [0.15, 0.2) is 11.5 Å². The van der Waals surface area contributed by atoms with Crippen LogP contribution in [0.25, 0.3) is 0 Å². The lowest BCUT2D eigenvalue weighted by molar-refractivity contribution is 0.0989. The quantitative estimate of drug-likeness (QED) is 0.548. The number of primary amides is 1. The second-order valence-corrected chi connectivity index (χ2v) is 2.57. The zero-order chi connectivity index (χ0) is 9.14. The van der Waals surface area contributed by atoms with E-state index in [9.17, 15) is 9.00 Å². The summed E-state index contributed by atoms with van der Waals surface area (Å²) in [7, 11) is 0. The summed E-state index contributed by atoms with van der Waals surface area (Å²) in [6.45, 7) is 0. The first-order chi connectivity index (χ1) is 5.61. The molecular formula is C4H4N4O3S. The van der Waals surface area contributed by atoms with Crippen molar-refractivity contribution in [1.29, 1.82) is 0 Å². The summed E-state index contributed by atoms with van der Waals surface area (Å²) >= 11 is -2.33. The lowest BCUT2D eigenvalue weighted by Crippen LogP contribution is -2.17. The van der Waals surface area contributed by atoms with Crippen LogP contribution in [0.5, 0.6) is 0 Å². The molecule has 8 heteroatoms. The topological polar surface area (TPSA) is 119 Å². The Hall–Kier alpha value is -1.41. The molecule has 1 amide bonds. The van der Waals surface area contributed by atoms with Crippen molar-refractivity contribution in [2.75, 3.05) is 0 Å². The van der Waals surface area contributed by atoms with E-state index in [1.165, 1.54) is 0 Å². The van der Waals surface area contributed by atoms with Crippen molar-refractivity contribution >= 4 is 17.0 Å². The van der Waals surface area contributed by atoms with Crippen molar-refractivity contribution in [1.82, 2.24) is 15.0 Å². The highest BCUT2D eigenvalue weighted by Crippen LogP contribution is 1.93. The molecule has 1 atom stereocenters. The van der Waals surface area contributed by atoms with Gasteiger partial charge in [0.05, 0.1) is 0 Å². The first kappa shape index (κ1) is 8.68. The molecule has 0 spiro atoms. The minimum Gasteiger partial charge on any atom is -0.363 e. The summed E-state index contributed by atoms with van der Waals surface area (Å²) in [6, 6.07) is 0. The molecule has 0 aliphatic heterocycles. The predicted octanol–water partition coefficient (Wildman–Crippen LogP) is -1.45. The molecule has 7 nitrogen and oxygen atoms in total. The van der Waals surface area contributed by atoms with Crippen LogP contribution in [-0.4, -0.2) is 29.6 Å². The number of hydrogen-bond donors (Lipinski definition) is 2. The first-order valence-corrected chi connectivity index (χ1v) is 3.81. The van der Waals surface area contributed by atoms with Crippen LogP contribution < -0.4 is 5.73 Å². The standard InChI is InChI=1S/C4H4N4O3S/c5-2(9)3-6-1-7-4(8-3)12(10)11/h1H,(H2,5,9)(H,10,11). The van der Waals surface area contributed by atoms with Gasteiger partial charge in [0.15, 0.2) is 0 Å². The van der Waals surface area contributed by atoms with E-state index in [4.69, 9.17) is 10.3 Å². The van der Waals surface area contributed by atoms with Crippen molar-refractivity contribution in [2.24, 2.45) is 5.73 Å². The fraction of sp³-hybridized carbons (Fsp3) is 0. The molecule has 1 unspecified atom stereocenters. The molecule has 1 aromatic heterocycles. The van der Waals surface area contributed by atoms with Crippen molar-refractivity contribution in [3.05, 3.63) is 12.2 Å². The van der Waals surface area contributed by atoms with E-state index >= 15 is 0 Å². The fourth-order valence-corrected chi connectivity index (χ4v) is 0.786. The van der Waals surface area contributed by atoms with Gasteiger partial charge in [0.25, 0.3) is 5.91 Å². The number of amides is 1. The van der Waals surface area contributed by atoms with Crippen LogP contribution in [0.2, 0.25) is 0 Å². The smallest absolute Gasteiger partial charge is 0.286 e. The number of carbonyl (C=O) groups is 1. The summed E-state index contributed by atoms with van der Waals surface area (Å²) in [6.07, 6.45) is 0.941. The summed E-state index contributed by atoms with van der Waals surface area (Å²) in [4.78, 5) is 20.5. The Morgan fingerprint density at radius 1 is 1.58 bits per heavy atom. The second kappa shape index (κ2) is 3.32. The van der Waals surface area contributed by atoms with E-state index in [1.807, 2.05) is 0 Å². The number of carbonyl (C=O) groups excluding carboxylic acids is 1. The van der Waals surface area contributed by atoms with Crippen LogP contribution in [0.3, 0.4) is 0 Å². The van der Waals surface area contributed by atoms with Gasteiger partial charge in [-0.2, -0.15) is 4.98 Å². The number of aromatic nitrogens is 3. The van der Waals surface area contributed by atoms with Crippen LogP contribution in [0, 0.1) is 0 Å². The van der Waals surface area contributed by atoms with Gasteiger partial charge in [-0.3, -0.25) is 9.35 Å². The molecule has 0 aliphatic rings. The van der Waals surface area contributed by atoms with Gasteiger partial charge in [-0.25, -0.2) is 14.2 Å². The normalized spacial score (nSPS) is 12.4. The highest BCUT2D eigenvalue weighted by atomic mass is 32.2. The monoisotopic (exact) mass is 188 g/mol. The van der Waals surface area contributed by atoms with Gasteiger partial charge in [0.2, 0.25) is 22.1 Å². The number of hydrogen-bond acceptors (Lipinski definition) is 5. The molecule has 1 rings (SSSR count). The lowest BCUT2D eigenvalue weighted by Gasteiger charge is -1.93. The Bertz CT molecular complexity index is 312. The SMILES string of the molecule is NC(=O)c1ncnc(S(=O)O)n1. The van der Waals surface area contributed by atoms with E-state index in [0.717, 1.165) is 6.33 Å². The summed E-state index contributed by atoms with van der Waals surface area (Å²) in [5, 5.41) is -0.390. The third-order valence-electron chi connectivity index (χ3n) is 0.926. The van der Waals surface area contributed by atoms with E-state index < -0.39 is 17.0 Å². The molecule has 0 bridgehead atoms. The van der Waals surface area contributed by atoms with Gasteiger partial charge in [0, 0.05) is 0 Å². The third-order valence-corrected chi connectivity index (χ3v) is 1.44. The van der Waals surface area contributed by atoms with Gasteiger partial charge < -0.3 is 5.73 Å². The van der Waals surface area contributed by atoms with Crippen LogP contribution in [0.4, 0.5) is 0 Å². The zero-order valence-electron chi connectivity index (χ0n) is 5.67. The predicted molar refractivity (Wildman–Crippen MR) is 37.4 cm³/mol. The molecular weight excluding hydrogens is 184 g/mol. The molecule has 0 aliphatic carbocycles. The highest BCUT2D eigenvalue weighted by molar-refractivity contribution is 7.79. The maximum absolute atomic E-state index is 10.5. The Kier molecular flexibility index (Phi) is 2.41. The van der Waals surface area contributed by atoms with Gasteiger partial charge in [-0.05, 0) is 0 Å². The van der Waals surface area contributed by atoms with Crippen molar-refractivity contribution in [3.8, 4) is 0 Å². The third kappa shape index (κ3) is 1.80. The molecule has 0 saturated heterocycles. The molecule has 12 heavy (non-hydrogen) atoms. The van der Waals surface area contributed by atoms with Gasteiger partial charge in [0.1, 0.15) is 6.33 Å². The van der Waals surface area contributed by atoms with Gasteiger partial charge in [-0.1, -0.05) is 0 Å². The first-order valence-electron chi connectivity index (χ1n) is 2.71. The van der Waals surface area contributed by atoms with E-state index in [1.54, 1.807) is 0 Å². The van der Waals surface area contributed by atoms with E-state index in [-0.39, 0.29) is 11.0 Å². The number of nitrogens with zero attached hydrogens (tertiary/aromatic N) is 3. The summed E-state index contributed by atoms with van der Waals surface area (Å²) in [5.74, 6) is -1.20. The van der Waals surface area contributed by atoms with Crippen molar-refractivity contribution in [2.45, 2.75) is 5.16 Å². The summed E-state index contributed by atoms with van der Waals surface area (Å²) < 4.78 is 18.9. The van der Waals surface area contributed by atoms with E-state index in [0.29, 0.717) is 0 Å². The molecule has 0 radical (unpaired) electrons. The fourth-order valence-electron chi connectivity index (χ4n) is 0.484. The molecule has 1 heterocycles.